The minimum absolute atomic E-state index is 0.120. The van der Waals surface area contributed by atoms with Gasteiger partial charge in [-0.1, -0.05) is 30.3 Å². The first-order chi connectivity index (χ1) is 12.9. The Morgan fingerprint density at radius 2 is 1.85 bits per heavy atom. The van der Waals surface area contributed by atoms with E-state index in [4.69, 9.17) is 4.74 Å². The molecule has 0 aliphatic carbocycles. The average molecular weight is 371 g/mol. The third-order valence-corrected chi connectivity index (χ3v) is 3.93. The Labute approximate surface area is 156 Å². The number of amides is 2. The summed E-state index contributed by atoms with van der Waals surface area (Å²) in [5.41, 5.74) is 1.82. The number of hydrogen-bond donors (Lipinski definition) is 2. The normalized spacial score (nSPS) is 11.5. The highest BCUT2D eigenvalue weighted by Crippen LogP contribution is 2.13. The SMILES string of the molecule is COCc1ccccc1CNC(=O)C(C)NC(=O)c1cccc([N+](=O)[O-])c1. The van der Waals surface area contributed by atoms with Crippen LogP contribution in [0.5, 0.6) is 0 Å². The second-order valence-corrected chi connectivity index (χ2v) is 5.92. The van der Waals surface area contributed by atoms with Gasteiger partial charge < -0.3 is 15.4 Å². The number of non-ortho nitro benzene ring substituents is 1. The molecule has 0 radical (unpaired) electrons. The predicted octanol–water partition coefficient (Wildman–Crippen LogP) is 2.18. The number of nitrogens with one attached hydrogen (secondary N) is 2. The van der Waals surface area contributed by atoms with Crippen molar-refractivity contribution >= 4 is 17.5 Å². The van der Waals surface area contributed by atoms with E-state index in [1.807, 2.05) is 24.3 Å². The number of nitro groups is 1. The van der Waals surface area contributed by atoms with Crippen molar-refractivity contribution in [2.75, 3.05) is 7.11 Å². The molecule has 2 rings (SSSR count). The van der Waals surface area contributed by atoms with Gasteiger partial charge in [-0.05, 0) is 24.1 Å². The summed E-state index contributed by atoms with van der Waals surface area (Å²) in [7, 11) is 1.60. The molecule has 0 aliphatic heterocycles. The summed E-state index contributed by atoms with van der Waals surface area (Å²) in [5, 5.41) is 16.1. The van der Waals surface area contributed by atoms with Gasteiger partial charge in [-0.2, -0.15) is 0 Å². The summed E-state index contributed by atoms with van der Waals surface area (Å²) in [6, 6.07) is 12.1. The average Bonchev–Trinajstić information content (AvgIpc) is 2.67. The summed E-state index contributed by atoms with van der Waals surface area (Å²) in [4.78, 5) is 34.7. The molecule has 0 aromatic heterocycles. The van der Waals surface area contributed by atoms with Crippen LogP contribution in [0.1, 0.15) is 28.4 Å². The van der Waals surface area contributed by atoms with Gasteiger partial charge in [-0.25, -0.2) is 0 Å². The smallest absolute Gasteiger partial charge is 0.270 e. The fourth-order valence-corrected chi connectivity index (χ4v) is 2.47. The molecule has 2 N–H and O–H groups in total. The van der Waals surface area contributed by atoms with Crippen LogP contribution in [0.25, 0.3) is 0 Å². The standard InChI is InChI=1S/C19H21N3O5/c1-13(21-19(24)14-8-5-9-17(10-14)22(25)26)18(23)20-11-15-6-3-4-7-16(15)12-27-2/h3-10,13H,11-12H2,1-2H3,(H,20,23)(H,21,24). The summed E-state index contributed by atoms with van der Waals surface area (Å²) in [6.07, 6.45) is 0. The van der Waals surface area contributed by atoms with E-state index in [0.717, 1.165) is 11.1 Å². The third kappa shape index (κ3) is 5.61. The summed E-state index contributed by atoms with van der Waals surface area (Å²) >= 11 is 0. The maximum atomic E-state index is 12.3. The van der Waals surface area contributed by atoms with Crippen LogP contribution in [0.15, 0.2) is 48.5 Å². The topological polar surface area (TPSA) is 111 Å². The Kier molecular flexibility index (Phi) is 7.01. The van der Waals surface area contributed by atoms with Crippen LogP contribution in [0.4, 0.5) is 5.69 Å². The van der Waals surface area contributed by atoms with Gasteiger partial charge in [-0.3, -0.25) is 19.7 Å². The minimum Gasteiger partial charge on any atom is -0.380 e. The number of rotatable bonds is 8. The largest absolute Gasteiger partial charge is 0.380 e. The quantitative estimate of drug-likeness (QED) is 0.546. The minimum atomic E-state index is -0.800. The number of benzene rings is 2. The second kappa shape index (κ2) is 9.44. The first kappa shape index (κ1) is 20.1. The lowest BCUT2D eigenvalue weighted by atomic mass is 10.1. The van der Waals surface area contributed by atoms with Crippen molar-refractivity contribution in [2.24, 2.45) is 0 Å². The van der Waals surface area contributed by atoms with Crippen LogP contribution in [0.3, 0.4) is 0 Å². The zero-order valence-corrected chi connectivity index (χ0v) is 15.1. The third-order valence-electron chi connectivity index (χ3n) is 3.93. The molecule has 0 heterocycles. The number of methoxy groups -OCH3 is 1. The predicted molar refractivity (Wildman–Crippen MR) is 99.0 cm³/mol. The molecule has 2 aromatic carbocycles. The Balaban J connectivity index is 1.95. The molecular weight excluding hydrogens is 350 g/mol. The van der Waals surface area contributed by atoms with Crippen LogP contribution in [0.2, 0.25) is 0 Å². The fourth-order valence-electron chi connectivity index (χ4n) is 2.47. The molecule has 0 aliphatic rings. The Morgan fingerprint density at radius 3 is 2.52 bits per heavy atom. The number of carbonyl (C=O) groups excluding carboxylic acids is 2. The molecule has 2 aromatic rings. The van der Waals surface area contributed by atoms with Crippen molar-refractivity contribution in [3.63, 3.8) is 0 Å². The first-order valence-corrected chi connectivity index (χ1v) is 8.31. The molecule has 0 spiro atoms. The van der Waals surface area contributed by atoms with Gasteiger partial charge in [0.25, 0.3) is 11.6 Å². The Hall–Kier alpha value is -3.26. The highest BCUT2D eigenvalue weighted by atomic mass is 16.6. The molecule has 0 saturated carbocycles. The number of nitrogens with zero attached hydrogens (tertiary/aromatic N) is 1. The first-order valence-electron chi connectivity index (χ1n) is 8.31. The maximum Gasteiger partial charge on any atom is 0.270 e. The van der Waals surface area contributed by atoms with Crippen molar-refractivity contribution in [3.05, 3.63) is 75.3 Å². The Morgan fingerprint density at radius 1 is 1.15 bits per heavy atom. The van der Waals surface area contributed by atoms with E-state index in [0.29, 0.717) is 13.2 Å². The molecular formula is C19H21N3O5. The van der Waals surface area contributed by atoms with Crippen molar-refractivity contribution in [1.82, 2.24) is 10.6 Å². The molecule has 8 nitrogen and oxygen atoms in total. The summed E-state index contributed by atoms with van der Waals surface area (Å²) in [5.74, 6) is -0.915. The van der Waals surface area contributed by atoms with Crippen LogP contribution in [-0.4, -0.2) is 29.9 Å². The lowest BCUT2D eigenvalue weighted by molar-refractivity contribution is -0.384. The van der Waals surface area contributed by atoms with E-state index in [1.165, 1.54) is 24.3 Å². The van der Waals surface area contributed by atoms with E-state index in [9.17, 15) is 19.7 Å². The zero-order chi connectivity index (χ0) is 19.8. The van der Waals surface area contributed by atoms with E-state index in [2.05, 4.69) is 10.6 Å². The number of ether oxygens (including phenoxy) is 1. The second-order valence-electron chi connectivity index (χ2n) is 5.92. The number of hydrogen-bond acceptors (Lipinski definition) is 5. The highest BCUT2D eigenvalue weighted by molar-refractivity contribution is 5.97. The molecule has 0 saturated heterocycles. The molecule has 1 unspecified atom stereocenters. The van der Waals surface area contributed by atoms with Crippen LogP contribution < -0.4 is 10.6 Å². The van der Waals surface area contributed by atoms with Gasteiger partial charge in [0.05, 0.1) is 11.5 Å². The highest BCUT2D eigenvalue weighted by Gasteiger charge is 2.18. The van der Waals surface area contributed by atoms with Gasteiger partial charge >= 0.3 is 0 Å². The van der Waals surface area contributed by atoms with Crippen LogP contribution in [-0.2, 0) is 22.7 Å². The van der Waals surface area contributed by atoms with E-state index in [1.54, 1.807) is 14.0 Å². The molecule has 2 amide bonds. The molecule has 1 atom stereocenters. The van der Waals surface area contributed by atoms with Crippen LogP contribution >= 0.6 is 0 Å². The van der Waals surface area contributed by atoms with Crippen molar-refractivity contribution < 1.29 is 19.2 Å². The van der Waals surface area contributed by atoms with Crippen molar-refractivity contribution in [3.8, 4) is 0 Å². The van der Waals surface area contributed by atoms with E-state index < -0.39 is 16.9 Å². The summed E-state index contributed by atoms with van der Waals surface area (Å²) < 4.78 is 5.13. The van der Waals surface area contributed by atoms with E-state index in [-0.39, 0.29) is 17.2 Å². The molecule has 0 bridgehead atoms. The van der Waals surface area contributed by atoms with Crippen molar-refractivity contribution in [1.29, 1.82) is 0 Å². The lowest BCUT2D eigenvalue weighted by Gasteiger charge is -2.15. The van der Waals surface area contributed by atoms with Crippen LogP contribution in [0, 0.1) is 10.1 Å². The number of carbonyl (C=O) groups is 2. The van der Waals surface area contributed by atoms with Crippen molar-refractivity contribution in [2.45, 2.75) is 26.1 Å². The maximum absolute atomic E-state index is 12.3. The molecule has 27 heavy (non-hydrogen) atoms. The fraction of sp³-hybridized carbons (Fsp3) is 0.263. The summed E-state index contributed by atoms with van der Waals surface area (Å²) in [6.45, 7) is 2.28. The van der Waals surface area contributed by atoms with Gasteiger partial charge in [0.1, 0.15) is 6.04 Å². The van der Waals surface area contributed by atoms with E-state index >= 15 is 0 Å². The zero-order valence-electron chi connectivity index (χ0n) is 15.1. The lowest BCUT2D eigenvalue weighted by Crippen LogP contribution is -2.44. The molecule has 0 fully saturated rings. The van der Waals surface area contributed by atoms with Gasteiger partial charge in [-0.15, -0.1) is 0 Å². The van der Waals surface area contributed by atoms with Gasteiger partial charge in [0.15, 0.2) is 0 Å². The molecule has 8 heteroatoms. The van der Waals surface area contributed by atoms with Gasteiger partial charge in [0.2, 0.25) is 5.91 Å². The molecule has 142 valence electrons. The monoisotopic (exact) mass is 371 g/mol. The van der Waals surface area contributed by atoms with Gasteiger partial charge in [0, 0.05) is 31.4 Å². The Bertz CT molecular complexity index is 838. The number of nitro benzene ring substituents is 1.